The van der Waals surface area contributed by atoms with Crippen molar-refractivity contribution in [2.24, 2.45) is 10.9 Å². The van der Waals surface area contributed by atoms with Gasteiger partial charge < -0.3 is 14.5 Å². The Bertz CT molecular complexity index is 1090. The number of allylic oxidation sites excluding steroid dienone is 2. The Morgan fingerprint density at radius 3 is 2.76 bits per heavy atom. The second-order valence-electron chi connectivity index (χ2n) is 7.69. The number of benzene rings is 1. The molecule has 0 radical (unpaired) electrons. The molecule has 2 aromatic rings. The Morgan fingerprint density at radius 1 is 1.21 bits per heavy atom. The SMILES string of the molecule is C/C=C1\C2C=C(C)CC1(N=Cc1ccc(OC)cc1OC)c1ccc(=O)[nH]c1C2. The molecule has 2 atom stereocenters. The van der Waals surface area contributed by atoms with Crippen LogP contribution in [0.4, 0.5) is 0 Å². The summed E-state index contributed by atoms with van der Waals surface area (Å²) >= 11 is 0. The zero-order valence-electron chi connectivity index (χ0n) is 17.3. The molecule has 2 aliphatic rings. The van der Waals surface area contributed by atoms with Crippen LogP contribution in [0.5, 0.6) is 11.5 Å². The van der Waals surface area contributed by atoms with Gasteiger partial charge in [-0.25, -0.2) is 0 Å². The molecule has 4 rings (SSSR count). The van der Waals surface area contributed by atoms with Crippen molar-refractivity contribution < 1.29 is 9.47 Å². The van der Waals surface area contributed by atoms with Gasteiger partial charge in [0.2, 0.25) is 5.56 Å². The first kappa shape index (κ1) is 19.2. The summed E-state index contributed by atoms with van der Waals surface area (Å²) in [5, 5.41) is 0. The first-order valence-electron chi connectivity index (χ1n) is 9.84. The summed E-state index contributed by atoms with van der Waals surface area (Å²) in [7, 11) is 3.28. The Balaban J connectivity index is 1.89. The fourth-order valence-corrected chi connectivity index (χ4v) is 4.76. The number of ether oxygens (including phenoxy) is 2. The minimum Gasteiger partial charge on any atom is -0.497 e. The molecule has 1 N–H and O–H groups in total. The Morgan fingerprint density at radius 2 is 2.03 bits per heavy atom. The predicted molar refractivity (Wildman–Crippen MR) is 115 cm³/mol. The summed E-state index contributed by atoms with van der Waals surface area (Å²) in [5.74, 6) is 1.70. The van der Waals surface area contributed by atoms with E-state index in [1.165, 1.54) is 11.1 Å². The molecule has 0 fully saturated rings. The van der Waals surface area contributed by atoms with E-state index in [0.717, 1.165) is 35.4 Å². The van der Waals surface area contributed by atoms with Crippen LogP contribution >= 0.6 is 0 Å². The molecule has 0 spiro atoms. The van der Waals surface area contributed by atoms with Gasteiger partial charge in [0.15, 0.2) is 0 Å². The van der Waals surface area contributed by atoms with Crippen LogP contribution in [0.1, 0.15) is 37.1 Å². The number of methoxy groups -OCH3 is 2. The molecular formula is C24H26N2O3. The molecule has 150 valence electrons. The van der Waals surface area contributed by atoms with Crippen LogP contribution in [0.3, 0.4) is 0 Å². The van der Waals surface area contributed by atoms with Gasteiger partial charge in [-0.3, -0.25) is 9.79 Å². The van der Waals surface area contributed by atoms with Crippen LogP contribution in [-0.2, 0) is 12.0 Å². The van der Waals surface area contributed by atoms with Crippen molar-refractivity contribution in [1.82, 2.24) is 4.98 Å². The van der Waals surface area contributed by atoms with Gasteiger partial charge in [-0.2, -0.15) is 0 Å². The molecule has 2 bridgehead atoms. The van der Waals surface area contributed by atoms with E-state index in [-0.39, 0.29) is 11.5 Å². The number of aromatic nitrogens is 1. The standard InChI is InChI=1S/C24H26N2O3/c1-5-19-17-10-15(2)13-24(19,20-8-9-23(27)26-21(20)11-17)25-14-16-6-7-18(28-3)12-22(16)29-4/h5-10,12,14,17H,11,13H2,1-4H3,(H,26,27)/b19-5+,25-14?. The molecule has 29 heavy (non-hydrogen) atoms. The summed E-state index contributed by atoms with van der Waals surface area (Å²) in [6.07, 6.45) is 7.97. The number of hydrogen-bond donors (Lipinski definition) is 1. The number of rotatable bonds is 4. The van der Waals surface area contributed by atoms with E-state index in [1.807, 2.05) is 30.5 Å². The normalized spacial score (nSPS) is 24.3. The minimum atomic E-state index is -0.513. The van der Waals surface area contributed by atoms with E-state index in [0.29, 0.717) is 5.75 Å². The lowest BCUT2D eigenvalue weighted by Gasteiger charge is -2.45. The molecule has 1 aromatic heterocycles. The maximum atomic E-state index is 12.0. The van der Waals surface area contributed by atoms with Crippen molar-refractivity contribution in [3.8, 4) is 11.5 Å². The molecule has 0 amide bonds. The van der Waals surface area contributed by atoms with E-state index >= 15 is 0 Å². The number of nitrogens with zero attached hydrogens (tertiary/aromatic N) is 1. The topological polar surface area (TPSA) is 63.7 Å². The Hall–Kier alpha value is -3.08. The first-order chi connectivity index (χ1) is 14.0. The molecule has 0 saturated carbocycles. The number of H-pyrrole nitrogens is 1. The summed E-state index contributed by atoms with van der Waals surface area (Å²) in [6.45, 7) is 4.24. The van der Waals surface area contributed by atoms with Gasteiger partial charge in [-0.1, -0.05) is 17.7 Å². The number of aromatic amines is 1. The lowest BCUT2D eigenvalue weighted by atomic mass is 9.63. The third-order valence-corrected chi connectivity index (χ3v) is 5.94. The zero-order chi connectivity index (χ0) is 20.6. The highest BCUT2D eigenvalue weighted by Gasteiger charge is 2.46. The number of pyridine rings is 1. The van der Waals surface area contributed by atoms with Crippen molar-refractivity contribution in [2.45, 2.75) is 32.2 Å². The molecule has 5 heteroatoms. The number of nitrogens with one attached hydrogen (secondary N) is 1. The number of fused-ring (bicyclic) bond motifs is 4. The molecular weight excluding hydrogens is 364 g/mol. The van der Waals surface area contributed by atoms with E-state index < -0.39 is 5.54 Å². The van der Waals surface area contributed by atoms with Crippen LogP contribution < -0.4 is 15.0 Å². The van der Waals surface area contributed by atoms with Gasteiger partial charge >= 0.3 is 0 Å². The van der Waals surface area contributed by atoms with Crippen LogP contribution in [0.2, 0.25) is 0 Å². The van der Waals surface area contributed by atoms with E-state index in [9.17, 15) is 4.79 Å². The lowest BCUT2D eigenvalue weighted by molar-refractivity contribution is 0.393. The Labute approximate surface area is 170 Å². The monoisotopic (exact) mass is 390 g/mol. The largest absolute Gasteiger partial charge is 0.497 e. The van der Waals surface area contributed by atoms with Crippen molar-refractivity contribution in [3.63, 3.8) is 0 Å². The third kappa shape index (κ3) is 3.20. The molecule has 2 aliphatic carbocycles. The van der Waals surface area contributed by atoms with Gasteiger partial charge in [0, 0.05) is 47.5 Å². The summed E-state index contributed by atoms with van der Waals surface area (Å²) < 4.78 is 10.8. The molecule has 0 saturated heterocycles. The van der Waals surface area contributed by atoms with Crippen LogP contribution in [0, 0.1) is 5.92 Å². The van der Waals surface area contributed by atoms with E-state index in [2.05, 4.69) is 31.0 Å². The average molecular weight is 390 g/mol. The Kier molecular flexibility index (Phi) is 4.91. The van der Waals surface area contributed by atoms with Gasteiger partial charge in [0.25, 0.3) is 0 Å². The summed E-state index contributed by atoms with van der Waals surface area (Å²) in [5.41, 5.74) is 4.97. The lowest BCUT2D eigenvalue weighted by Crippen LogP contribution is -2.40. The number of hydrogen-bond acceptors (Lipinski definition) is 4. The van der Waals surface area contributed by atoms with Crippen LogP contribution in [0.15, 0.2) is 63.4 Å². The highest BCUT2D eigenvalue weighted by Crippen LogP contribution is 2.51. The summed E-state index contributed by atoms with van der Waals surface area (Å²) in [6, 6.07) is 9.25. The second-order valence-corrected chi connectivity index (χ2v) is 7.69. The second kappa shape index (κ2) is 7.39. The van der Waals surface area contributed by atoms with Crippen molar-refractivity contribution in [1.29, 1.82) is 0 Å². The van der Waals surface area contributed by atoms with Crippen LogP contribution in [0.25, 0.3) is 0 Å². The molecule has 5 nitrogen and oxygen atoms in total. The van der Waals surface area contributed by atoms with Crippen LogP contribution in [-0.4, -0.2) is 25.4 Å². The zero-order valence-corrected chi connectivity index (χ0v) is 17.3. The smallest absolute Gasteiger partial charge is 0.248 e. The molecule has 0 aliphatic heterocycles. The fraction of sp³-hybridized carbons (Fsp3) is 0.333. The quantitative estimate of drug-likeness (QED) is 0.629. The van der Waals surface area contributed by atoms with E-state index in [4.69, 9.17) is 14.5 Å². The molecule has 1 aromatic carbocycles. The average Bonchev–Trinajstić information content (AvgIpc) is 2.71. The first-order valence-corrected chi connectivity index (χ1v) is 9.84. The third-order valence-electron chi connectivity index (χ3n) is 5.94. The van der Waals surface area contributed by atoms with Gasteiger partial charge in [-0.05, 0) is 44.0 Å². The maximum Gasteiger partial charge on any atom is 0.248 e. The van der Waals surface area contributed by atoms with Gasteiger partial charge in [0.1, 0.15) is 17.0 Å². The highest BCUT2D eigenvalue weighted by molar-refractivity contribution is 5.85. The molecule has 1 heterocycles. The summed E-state index contributed by atoms with van der Waals surface area (Å²) in [4.78, 5) is 20.2. The number of aliphatic imine (C=N–C) groups is 1. The van der Waals surface area contributed by atoms with Crippen molar-refractivity contribution in [3.05, 3.63) is 80.8 Å². The minimum absolute atomic E-state index is 0.0672. The maximum absolute atomic E-state index is 12.0. The highest BCUT2D eigenvalue weighted by atomic mass is 16.5. The fourth-order valence-electron chi connectivity index (χ4n) is 4.76. The predicted octanol–water partition coefficient (Wildman–Crippen LogP) is 4.18. The van der Waals surface area contributed by atoms with Gasteiger partial charge in [0.05, 0.1) is 14.2 Å². The van der Waals surface area contributed by atoms with E-state index in [1.54, 1.807) is 20.3 Å². The van der Waals surface area contributed by atoms with Crippen molar-refractivity contribution in [2.75, 3.05) is 14.2 Å². The molecule has 2 unspecified atom stereocenters. The van der Waals surface area contributed by atoms with Crippen molar-refractivity contribution >= 4 is 6.21 Å². The van der Waals surface area contributed by atoms with Gasteiger partial charge in [-0.15, -0.1) is 0 Å².